The van der Waals surface area contributed by atoms with Gasteiger partial charge in [0, 0.05) is 33.8 Å². The maximum absolute atomic E-state index is 12.1. The standard InChI is InChI=1S/C10H22N2O5S/c1-5-12(8-9-16-3)18(14,15)11(2)7-6-10(13)17-4/h5-9H2,1-4H3. The van der Waals surface area contributed by atoms with Crippen LogP contribution < -0.4 is 0 Å². The molecule has 0 atom stereocenters. The van der Waals surface area contributed by atoms with Gasteiger partial charge in [-0.05, 0) is 0 Å². The van der Waals surface area contributed by atoms with Crippen LogP contribution in [0.15, 0.2) is 0 Å². The van der Waals surface area contributed by atoms with Gasteiger partial charge in [-0.1, -0.05) is 6.92 Å². The first-order chi connectivity index (χ1) is 8.39. The van der Waals surface area contributed by atoms with Crippen LogP contribution >= 0.6 is 0 Å². The quantitative estimate of drug-likeness (QED) is 0.542. The molecule has 0 aromatic heterocycles. The Hall–Kier alpha value is -0.700. The third-order valence-corrected chi connectivity index (χ3v) is 4.54. The minimum Gasteiger partial charge on any atom is -0.469 e. The summed E-state index contributed by atoms with van der Waals surface area (Å²) in [5.41, 5.74) is 0. The highest BCUT2D eigenvalue weighted by Crippen LogP contribution is 2.06. The highest BCUT2D eigenvalue weighted by Gasteiger charge is 2.25. The lowest BCUT2D eigenvalue weighted by Crippen LogP contribution is -2.43. The maximum Gasteiger partial charge on any atom is 0.306 e. The summed E-state index contributed by atoms with van der Waals surface area (Å²) in [7, 11) is 0.677. The Kier molecular flexibility index (Phi) is 8.08. The summed E-state index contributed by atoms with van der Waals surface area (Å²) in [5, 5.41) is 0. The normalized spacial score (nSPS) is 12.1. The van der Waals surface area contributed by atoms with Crippen LogP contribution in [0.4, 0.5) is 0 Å². The van der Waals surface area contributed by atoms with E-state index in [1.165, 1.54) is 25.6 Å². The first-order valence-corrected chi connectivity index (χ1v) is 7.07. The first-order valence-electron chi connectivity index (χ1n) is 5.67. The van der Waals surface area contributed by atoms with Crippen LogP contribution in [0.25, 0.3) is 0 Å². The Labute approximate surface area is 109 Å². The van der Waals surface area contributed by atoms with Crippen molar-refractivity contribution in [2.24, 2.45) is 0 Å². The Morgan fingerprint density at radius 1 is 1.22 bits per heavy atom. The number of methoxy groups -OCH3 is 2. The summed E-state index contributed by atoms with van der Waals surface area (Å²) < 4.78 is 36.0. The van der Waals surface area contributed by atoms with E-state index in [1.54, 1.807) is 6.92 Å². The van der Waals surface area contributed by atoms with Crippen molar-refractivity contribution in [3.8, 4) is 0 Å². The molecule has 0 heterocycles. The number of ether oxygens (including phenoxy) is 2. The lowest BCUT2D eigenvalue weighted by molar-refractivity contribution is -0.140. The van der Waals surface area contributed by atoms with Crippen molar-refractivity contribution in [3.63, 3.8) is 0 Å². The molecule has 0 radical (unpaired) electrons. The molecule has 0 aliphatic heterocycles. The lowest BCUT2D eigenvalue weighted by atomic mass is 10.4. The monoisotopic (exact) mass is 282 g/mol. The number of esters is 1. The van der Waals surface area contributed by atoms with Gasteiger partial charge >= 0.3 is 5.97 Å². The van der Waals surface area contributed by atoms with Crippen molar-refractivity contribution < 1.29 is 22.7 Å². The molecule has 0 unspecified atom stereocenters. The predicted molar refractivity (Wildman–Crippen MR) is 67.3 cm³/mol. The molecule has 0 N–H and O–H groups in total. The molecular weight excluding hydrogens is 260 g/mol. The van der Waals surface area contributed by atoms with Crippen molar-refractivity contribution in [1.82, 2.24) is 8.61 Å². The zero-order chi connectivity index (χ0) is 14.2. The molecule has 0 spiro atoms. The Morgan fingerprint density at radius 2 is 1.83 bits per heavy atom. The van der Waals surface area contributed by atoms with E-state index in [-0.39, 0.29) is 19.5 Å². The van der Waals surface area contributed by atoms with Gasteiger partial charge in [-0.2, -0.15) is 17.0 Å². The molecule has 0 saturated heterocycles. The van der Waals surface area contributed by atoms with Crippen molar-refractivity contribution in [2.45, 2.75) is 13.3 Å². The number of carbonyl (C=O) groups excluding carboxylic acids is 1. The van der Waals surface area contributed by atoms with Crippen molar-refractivity contribution >= 4 is 16.2 Å². The van der Waals surface area contributed by atoms with Crippen molar-refractivity contribution in [2.75, 3.05) is 47.5 Å². The van der Waals surface area contributed by atoms with E-state index < -0.39 is 16.2 Å². The number of likely N-dealkylation sites (N-methyl/N-ethyl adjacent to an activating group) is 1. The smallest absolute Gasteiger partial charge is 0.306 e. The number of hydrogen-bond donors (Lipinski definition) is 0. The Morgan fingerprint density at radius 3 is 2.28 bits per heavy atom. The van der Waals surface area contributed by atoms with Crippen LogP contribution in [0.5, 0.6) is 0 Å². The number of carbonyl (C=O) groups is 1. The van der Waals surface area contributed by atoms with Crippen LogP contribution in [-0.4, -0.2) is 70.5 Å². The minimum atomic E-state index is -3.55. The molecule has 8 heteroatoms. The number of hydrogen-bond acceptors (Lipinski definition) is 5. The van der Waals surface area contributed by atoms with Crippen molar-refractivity contribution in [1.29, 1.82) is 0 Å². The molecule has 108 valence electrons. The molecule has 0 aliphatic rings. The highest BCUT2D eigenvalue weighted by atomic mass is 32.2. The van der Waals surface area contributed by atoms with Gasteiger partial charge in [-0.25, -0.2) is 0 Å². The molecule has 0 aliphatic carbocycles. The molecule has 0 aromatic carbocycles. The molecule has 0 rings (SSSR count). The second kappa shape index (κ2) is 8.41. The second-order valence-corrected chi connectivity index (χ2v) is 5.68. The van der Waals surface area contributed by atoms with Crippen LogP contribution in [0.3, 0.4) is 0 Å². The zero-order valence-electron chi connectivity index (χ0n) is 11.4. The number of nitrogens with zero attached hydrogens (tertiary/aromatic N) is 2. The van der Waals surface area contributed by atoms with Gasteiger partial charge in [0.05, 0.1) is 20.1 Å². The van der Waals surface area contributed by atoms with Crippen LogP contribution in [0.2, 0.25) is 0 Å². The van der Waals surface area contributed by atoms with Crippen LogP contribution in [0, 0.1) is 0 Å². The summed E-state index contributed by atoms with van der Waals surface area (Å²) in [6.45, 7) is 2.82. The SMILES string of the molecule is CCN(CCOC)S(=O)(=O)N(C)CCC(=O)OC. The third kappa shape index (κ3) is 5.30. The molecule has 0 aromatic rings. The predicted octanol–water partition coefficient (Wildman–Crippen LogP) is -0.306. The van der Waals surface area contributed by atoms with Gasteiger partial charge in [0.15, 0.2) is 0 Å². The lowest BCUT2D eigenvalue weighted by Gasteiger charge is -2.26. The van der Waals surface area contributed by atoms with Gasteiger partial charge in [-0.3, -0.25) is 4.79 Å². The Balaban J connectivity index is 4.52. The van der Waals surface area contributed by atoms with Gasteiger partial charge in [0.1, 0.15) is 0 Å². The van der Waals surface area contributed by atoms with E-state index in [9.17, 15) is 13.2 Å². The van der Waals surface area contributed by atoms with Gasteiger partial charge < -0.3 is 9.47 Å². The fourth-order valence-electron chi connectivity index (χ4n) is 1.29. The van der Waals surface area contributed by atoms with Crippen LogP contribution in [0.1, 0.15) is 13.3 Å². The summed E-state index contributed by atoms with van der Waals surface area (Å²) >= 11 is 0. The molecule has 0 fully saturated rings. The van der Waals surface area contributed by atoms with E-state index in [0.29, 0.717) is 13.2 Å². The van der Waals surface area contributed by atoms with E-state index in [4.69, 9.17) is 4.74 Å². The van der Waals surface area contributed by atoms with E-state index in [1.807, 2.05) is 0 Å². The highest BCUT2D eigenvalue weighted by molar-refractivity contribution is 7.86. The summed E-state index contributed by atoms with van der Waals surface area (Å²) in [4.78, 5) is 11.0. The van der Waals surface area contributed by atoms with Gasteiger partial charge in [0.25, 0.3) is 10.2 Å². The fraction of sp³-hybridized carbons (Fsp3) is 0.900. The largest absolute Gasteiger partial charge is 0.469 e. The van der Waals surface area contributed by atoms with E-state index >= 15 is 0 Å². The summed E-state index contributed by atoms with van der Waals surface area (Å²) in [6, 6.07) is 0. The fourth-order valence-corrected chi connectivity index (χ4v) is 2.64. The molecule has 0 amide bonds. The molecule has 18 heavy (non-hydrogen) atoms. The average Bonchev–Trinajstić information content (AvgIpc) is 2.35. The minimum absolute atomic E-state index is 0.0358. The van der Waals surface area contributed by atoms with E-state index in [0.717, 1.165) is 4.31 Å². The van der Waals surface area contributed by atoms with Crippen LogP contribution in [-0.2, 0) is 24.5 Å². The van der Waals surface area contributed by atoms with E-state index in [2.05, 4.69) is 4.74 Å². The maximum atomic E-state index is 12.1. The Bertz CT molecular complexity index is 344. The molecule has 0 saturated carbocycles. The van der Waals surface area contributed by atoms with Crippen molar-refractivity contribution in [3.05, 3.63) is 0 Å². The van der Waals surface area contributed by atoms with Gasteiger partial charge in [0.2, 0.25) is 0 Å². The molecule has 0 bridgehead atoms. The summed E-state index contributed by atoms with van der Waals surface area (Å²) in [5.74, 6) is -0.433. The zero-order valence-corrected chi connectivity index (χ0v) is 12.2. The molecule has 7 nitrogen and oxygen atoms in total. The third-order valence-electron chi connectivity index (χ3n) is 2.48. The summed E-state index contributed by atoms with van der Waals surface area (Å²) in [6.07, 6.45) is 0.0358. The molecular formula is C10H22N2O5S. The first kappa shape index (κ1) is 17.3. The van der Waals surface area contributed by atoms with Gasteiger partial charge in [-0.15, -0.1) is 0 Å². The number of rotatable bonds is 9. The average molecular weight is 282 g/mol. The topological polar surface area (TPSA) is 76.2 Å². The second-order valence-electron chi connectivity index (χ2n) is 3.64.